The fraction of sp³-hybridized carbons (Fsp3) is 0.600. The zero-order chi connectivity index (χ0) is 19.7. The number of nitrogens with zero attached hydrogens (tertiary/aromatic N) is 5. The van der Waals surface area contributed by atoms with Crippen LogP contribution in [-0.2, 0) is 12.1 Å². The van der Waals surface area contributed by atoms with Gasteiger partial charge in [-0.05, 0) is 19.8 Å². The number of rotatable bonds is 5. The Hall–Kier alpha value is -2.32. The van der Waals surface area contributed by atoms with Crippen LogP contribution < -0.4 is 9.47 Å². The molecule has 0 unspecified atom stereocenters. The molecule has 2 aromatic rings. The SMILES string of the molecule is COc1ncc(C2(O)[C@@H]3CCC[C@@H]2CN(Cc2cnc(C)nc2)C3)c(OC)n1. The second kappa shape index (κ2) is 7.60. The van der Waals surface area contributed by atoms with Gasteiger partial charge >= 0.3 is 6.01 Å². The maximum atomic E-state index is 11.9. The number of fused-ring (bicyclic) bond motifs is 2. The lowest BCUT2D eigenvalue weighted by Gasteiger charge is -2.53. The number of likely N-dealkylation sites (tertiary alicyclic amines) is 1. The predicted octanol–water partition coefficient (Wildman–Crippen LogP) is 1.71. The highest BCUT2D eigenvalue weighted by Gasteiger charge is 2.53. The highest BCUT2D eigenvalue weighted by atomic mass is 16.5. The summed E-state index contributed by atoms with van der Waals surface area (Å²) in [5.74, 6) is 1.36. The van der Waals surface area contributed by atoms with E-state index in [1.165, 1.54) is 7.11 Å². The van der Waals surface area contributed by atoms with E-state index >= 15 is 0 Å². The first-order chi connectivity index (χ1) is 13.5. The maximum Gasteiger partial charge on any atom is 0.319 e. The number of hydrogen-bond donors (Lipinski definition) is 1. The zero-order valence-corrected chi connectivity index (χ0v) is 16.6. The number of aliphatic hydroxyl groups is 1. The van der Waals surface area contributed by atoms with Crippen molar-refractivity contribution in [2.75, 3.05) is 27.3 Å². The molecule has 150 valence electrons. The van der Waals surface area contributed by atoms with Crippen LogP contribution in [0.3, 0.4) is 0 Å². The van der Waals surface area contributed by atoms with E-state index in [4.69, 9.17) is 9.47 Å². The van der Waals surface area contributed by atoms with E-state index in [1.807, 2.05) is 19.3 Å². The number of methoxy groups -OCH3 is 2. The summed E-state index contributed by atoms with van der Waals surface area (Å²) in [6.45, 7) is 4.28. The van der Waals surface area contributed by atoms with Gasteiger partial charge in [0.1, 0.15) is 11.4 Å². The van der Waals surface area contributed by atoms with Crippen LogP contribution in [0.15, 0.2) is 18.6 Å². The van der Waals surface area contributed by atoms with Gasteiger partial charge in [0.2, 0.25) is 5.88 Å². The molecular weight excluding hydrogens is 358 g/mol. The smallest absolute Gasteiger partial charge is 0.319 e. The van der Waals surface area contributed by atoms with Crippen molar-refractivity contribution in [1.82, 2.24) is 24.8 Å². The lowest BCUT2D eigenvalue weighted by atomic mass is 9.63. The minimum absolute atomic E-state index is 0.0947. The molecule has 2 aromatic heterocycles. The summed E-state index contributed by atoms with van der Waals surface area (Å²) in [6.07, 6.45) is 8.49. The molecule has 1 aliphatic heterocycles. The molecular formula is C20H27N5O3. The lowest BCUT2D eigenvalue weighted by molar-refractivity contribution is -0.149. The minimum Gasteiger partial charge on any atom is -0.481 e. The molecule has 1 N–H and O–H groups in total. The van der Waals surface area contributed by atoms with Gasteiger partial charge in [0, 0.05) is 55.6 Å². The molecule has 2 fully saturated rings. The molecule has 2 aliphatic rings. The van der Waals surface area contributed by atoms with Crippen molar-refractivity contribution in [3.8, 4) is 11.9 Å². The summed E-state index contributed by atoms with van der Waals surface area (Å²) in [7, 11) is 3.09. The maximum absolute atomic E-state index is 11.9. The molecule has 3 heterocycles. The summed E-state index contributed by atoms with van der Waals surface area (Å²) in [6, 6.07) is 0.242. The lowest BCUT2D eigenvalue weighted by Crippen LogP contribution is -2.58. The minimum atomic E-state index is -0.990. The van der Waals surface area contributed by atoms with Gasteiger partial charge in [0.15, 0.2) is 0 Å². The summed E-state index contributed by atoms with van der Waals surface area (Å²) < 4.78 is 10.6. The highest BCUT2D eigenvalue weighted by molar-refractivity contribution is 5.34. The molecule has 0 aromatic carbocycles. The van der Waals surface area contributed by atoms with E-state index in [0.717, 1.165) is 50.3 Å². The number of aryl methyl sites for hydroxylation is 1. The third-order valence-electron chi connectivity index (χ3n) is 6.09. The van der Waals surface area contributed by atoms with Gasteiger partial charge in [0.05, 0.1) is 19.8 Å². The molecule has 8 heteroatoms. The van der Waals surface area contributed by atoms with Crippen molar-refractivity contribution in [2.24, 2.45) is 11.8 Å². The molecule has 0 spiro atoms. The molecule has 28 heavy (non-hydrogen) atoms. The number of aromatic nitrogens is 4. The van der Waals surface area contributed by atoms with E-state index in [2.05, 4.69) is 24.8 Å². The fourth-order valence-corrected chi connectivity index (χ4v) is 4.75. The average Bonchev–Trinajstić information content (AvgIpc) is 2.70. The second-order valence-corrected chi connectivity index (χ2v) is 7.76. The summed E-state index contributed by atoms with van der Waals surface area (Å²) >= 11 is 0. The van der Waals surface area contributed by atoms with Gasteiger partial charge < -0.3 is 14.6 Å². The molecule has 0 amide bonds. The van der Waals surface area contributed by atoms with E-state index in [1.54, 1.807) is 13.3 Å². The molecule has 1 saturated carbocycles. The molecule has 8 nitrogen and oxygen atoms in total. The fourth-order valence-electron chi connectivity index (χ4n) is 4.75. The monoisotopic (exact) mass is 385 g/mol. The largest absolute Gasteiger partial charge is 0.481 e. The number of hydrogen-bond acceptors (Lipinski definition) is 8. The Balaban J connectivity index is 1.60. The second-order valence-electron chi connectivity index (χ2n) is 7.76. The van der Waals surface area contributed by atoms with Crippen molar-refractivity contribution < 1.29 is 14.6 Å². The summed E-state index contributed by atoms with van der Waals surface area (Å²) in [4.78, 5) is 19.5. The molecule has 4 rings (SSSR count). The van der Waals surface area contributed by atoms with Crippen molar-refractivity contribution in [3.05, 3.63) is 35.5 Å². The number of ether oxygens (including phenoxy) is 2. The van der Waals surface area contributed by atoms with Crippen LogP contribution in [0.2, 0.25) is 0 Å². The first kappa shape index (κ1) is 19.0. The zero-order valence-electron chi connectivity index (χ0n) is 16.6. The highest BCUT2D eigenvalue weighted by Crippen LogP contribution is 2.51. The standard InChI is InChI=1S/C20H27N5O3/c1-13-21-7-14(8-22-13)10-25-11-15-5-4-6-16(12-25)20(15,26)17-9-23-19(28-3)24-18(17)27-2/h7-9,15-16,26H,4-6,10-12H2,1-3H3/t15-,16-/m1/s1. The van der Waals surface area contributed by atoms with Crippen LogP contribution in [0.4, 0.5) is 0 Å². The first-order valence-corrected chi connectivity index (χ1v) is 9.72. The topological polar surface area (TPSA) is 93.5 Å². The van der Waals surface area contributed by atoms with Gasteiger partial charge in [0.25, 0.3) is 0 Å². The molecule has 1 aliphatic carbocycles. The molecule has 0 radical (unpaired) electrons. The predicted molar refractivity (Wildman–Crippen MR) is 102 cm³/mol. The first-order valence-electron chi connectivity index (χ1n) is 9.72. The van der Waals surface area contributed by atoms with Crippen LogP contribution in [0, 0.1) is 18.8 Å². The molecule has 2 atom stereocenters. The average molecular weight is 385 g/mol. The third-order valence-corrected chi connectivity index (χ3v) is 6.09. The normalized spacial score (nSPS) is 27.4. The van der Waals surface area contributed by atoms with Crippen molar-refractivity contribution >= 4 is 0 Å². The van der Waals surface area contributed by atoms with Gasteiger partial charge in [-0.1, -0.05) is 6.42 Å². The van der Waals surface area contributed by atoms with E-state index in [0.29, 0.717) is 11.4 Å². The molecule has 1 saturated heterocycles. The van der Waals surface area contributed by atoms with Crippen LogP contribution in [0.1, 0.15) is 36.2 Å². The van der Waals surface area contributed by atoms with E-state index in [-0.39, 0.29) is 17.8 Å². The van der Waals surface area contributed by atoms with Crippen LogP contribution in [-0.4, -0.2) is 57.3 Å². The van der Waals surface area contributed by atoms with E-state index in [9.17, 15) is 5.11 Å². The molecule has 2 bridgehead atoms. The Morgan fingerprint density at radius 1 is 1.07 bits per heavy atom. The van der Waals surface area contributed by atoms with Crippen molar-refractivity contribution in [1.29, 1.82) is 0 Å². The van der Waals surface area contributed by atoms with E-state index < -0.39 is 5.60 Å². The quantitative estimate of drug-likeness (QED) is 0.831. The Bertz CT molecular complexity index is 815. The Morgan fingerprint density at radius 3 is 2.36 bits per heavy atom. The van der Waals surface area contributed by atoms with Gasteiger partial charge in [-0.15, -0.1) is 0 Å². The third kappa shape index (κ3) is 3.31. The van der Waals surface area contributed by atoms with Crippen LogP contribution in [0.25, 0.3) is 0 Å². The summed E-state index contributed by atoms with van der Waals surface area (Å²) in [5, 5.41) is 11.9. The Morgan fingerprint density at radius 2 is 1.75 bits per heavy atom. The summed E-state index contributed by atoms with van der Waals surface area (Å²) in [5.41, 5.74) is 0.777. The van der Waals surface area contributed by atoms with Crippen LogP contribution >= 0.6 is 0 Å². The number of piperidine rings is 1. The van der Waals surface area contributed by atoms with Gasteiger partial charge in [-0.25, -0.2) is 15.0 Å². The van der Waals surface area contributed by atoms with Crippen molar-refractivity contribution in [3.63, 3.8) is 0 Å². The van der Waals surface area contributed by atoms with Crippen LogP contribution in [0.5, 0.6) is 11.9 Å². The Labute approximate surface area is 165 Å². The van der Waals surface area contributed by atoms with Gasteiger partial charge in [-0.3, -0.25) is 4.90 Å². The van der Waals surface area contributed by atoms with Gasteiger partial charge in [-0.2, -0.15) is 4.98 Å². The Kier molecular flexibility index (Phi) is 5.16. The van der Waals surface area contributed by atoms with Crippen molar-refractivity contribution in [2.45, 2.75) is 38.3 Å².